The second kappa shape index (κ2) is 5.18. The van der Waals surface area contributed by atoms with Crippen LogP contribution in [0.2, 0.25) is 0 Å². The van der Waals surface area contributed by atoms with Gasteiger partial charge in [0, 0.05) is 29.8 Å². The van der Waals surface area contributed by atoms with Gasteiger partial charge in [-0.05, 0) is 11.8 Å². The van der Waals surface area contributed by atoms with E-state index in [1.807, 2.05) is 13.1 Å². The highest BCUT2D eigenvalue weighted by molar-refractivity contribution is 7.99. The van der Waals surface area contributed by atoms with Crippen LogP contribution < -0.4 is 15.2 Å². The summed E-state index contributed by atoms with van der Waals surface area (Å²) in [6.07, 6.45) is 1.50. The third kappa shape index (κ3) is 2.35. The molecule has 18 heavy (non-hydrogen) atoms. The van der Waals surface area contributed by atoms with E-state index in [1.165, 1.54) is 18.1 Å². The minimum absolute atomic E-state index is 0.609. The van der Waals surface area contributed by atoms with Crippen LogP contribution in [-0.4, -0.2) is 29.0 Å². The second-order valence-electron chi connectivity index (χ2n) is 3.51. The number of benzene rings is 1. The fraction of sp³-hybridized carbons (Fsp3) is 0.273. The lowest BCUT2D eigenvalue weighted by Crippen LogP contribution is -1.97. The predicted molar refractivity (Wildman–Crippen MR) is 69.1 cm³/mol. The summed E-state index contributed by atoms with van der Waals surface area (Å²) in [4.78, 5) is 4.99. The van der Waals surface area contributed by atoms with Crippen molar-refractivity contribution in [3.8, 4) is 11.5 Å². The van der Waals surface area contributed by atoms with Crippen LogP contribution in [0.3, 0.4) is 0 Å². The summed E-state index contributed by atoms with van der Waals surface area (Å²) in [6, 6.07) is 3.56. The Balaban J connectivity index is 2.36. The Bertz CT molecular complexity index is 556. The fourth-order valence-electron chi connectivity index (χ4n) is 1.44. The largest absolute Gasteiger partial charge is 0.493 e. The van der Waals surface area contributed by atoms with Gasteiger partial charge in [0.1, 0.15) is 6.33 Å². The number of methoxy groups -OCH3 is 2. The Morgan fingerprint density at radius 2 is 1.89 bits per heavy atom. The highest BCUT2D eigenvalue weighted by atomic mass is 32.2. The monoisotopic (exact) mass is 266 g/mol. The van der Waals surface area contributed by atoms with Gasteiger partial charge in [-0.1, -0.05) is 0 Å². The Hall–Kier alpha value is -1.89. The molecule has 0 fully saturated rings. The number of rotatable bonds is 4. The van der Waals surface area contributed by atoms with E-state index in [-0.39, 0.29) is 0 Å². The molecule has 1 aromatic carbocycles. The molecule has 1 aromatic heterocycles. The summed E-state index contributed by atoms with van der Waals surface area (Å²) in [5.41, 5.74) is 6.59. The minimum Gasteiger partial charge on any atom is -0.493 e. The van der Waals surface area contributed by atoms with Crippen LogP contribution in [0, 0.1) is 0 Å². The summed E-state index contributed by atoms with van der Waals surface area (Å²) in [5, 5.41) is 4.76. The van der Waals surface area contributed by atoms with Gasteiger partial charge >= 0.3 is 0 Å². The van der Waals surface area contributed by atoms with E-state index in [4.69, 9.17) is 15.2 Å². The van der Waals surface area contributed by atoms with Gasteiger partial charge in [0.25, 0.3) is 0 Å². The summed E-state index contributed by atoms with van der Waals surface area (Å²) >= 11 is 1.43. The zero-order chi connectivity index (χ0) is 13.1. The van der Waals surface area contributed by atoms with Gasteiger partial charge in [0.15, 0.2) is 16.7 Å². The maximum Gasteiger partial charge on any atom is 0.190 e. The summed E-state index contributed by atoms with van der Waals surface area (Å²) < 4.78 is 12.1. The standard InChI is InChI=1S/C11H14N4O2S/c1-15-11(13-6-14-15)18-10-5-9(17-3)8(16-2)4-7(10)12/h4-6H,12H2,1-3H3. The zero-order valence-corrected chi connectivity index (χ0v) is 11.2. The van der Waals surface area contributed by atoms with Crippen molar-refractivity contribution in [2.75, 3.05) is 20.0 Å². The Labute approximate surface area is 109 Å². The van der Waals surface area contributed by atoms with Crippen molar-refractivity contribution >= 4 is 17.4 Å². The predicted octanol–water partition coefficient (Wildman–Crippen LogP) is 1.57. The van der Waals surface area contributed by atoms with Gasteiger partial charge in [-0.3, -0.25) is 0 Å². The lowest BCUT2D eigenvalue weighted by atomic mass is 10.3. The van der Waals surface area contributed by atoms with Gasteiger partial charge < -0.3 is 15.2 Å². The van der Waals surface area contributed by atoms with Crippen LogP contribution in [0.4, 0.5) is 5.69 Å². The average molecular weight is 266 g/mol. The zero-order valence-electron chi connectivity index (χ0n) is 10.4. The number of hydrogen-bond donors (Lipinski definition) is 1. The van der Waals surface area contributed by atoms with Gasteiger partial charge in [0.2, 0.25) is 0 Å². The molecule has 0 amide bonds. The van der Waals surface area contributed by atoms with E-state index in [9.17, 15) is 0 Å². The van der Waals surface area contributed by atoms with E-state index in [0.717, 1.165) is 10.1 Å². The van der Waals surface area contributed by atoms with Crippen molar-refractivity contribution in [3.05, 3.63) is 18.5 Å². The normalized spacial score (nSPS) is 10.4. The first-order valence-corrected chi connectivity index (χ1v) is 6.00. The number of anilines is 1. The minimum atomic E-state index is 0.609. The van der Waals surface area contributed by atoms with E-state index >= 15 is 0 Å². The van der Waals surface area contributed by atoms with E-state index in [2.05, 4.69) is 10.1 Å². The van der Waals surface area contributed by atoms with Crippen molar-refractivity contribution in [1.82, 2.24) is 14.8 Å². The van der Waals surface area contributed by atoms with Crippen molar-refractivity contribution in [1.29, 1.82) is 0 Å². The summed E-state index contributed by atoms with van der Waals surface area (Å²) in [5.74, 6) is 1.24. The first-order valence-electron chi connectivity index (χ1n) is 5.19. The van der Waals surface area contributed by atoms with Gasteiger partial charge in [-0.15, -0.1) is 0 Å². The smallest absolute Gasteiger partial charge is 0.190 e. The van der Waals surface area contributed by atoms with Crippen LogP contribution in [-0.2, 0) is 7.05 Å². The molecule has 0 aliphatic carbocycles. The molecular formula is C11H14N4O2S. The highest BCUT2D eigenvalue weighted by Crippen LogP contribution is 2.38. The van der Waals surface area contributed by atoms with Crippen LogP contribution in [0.15, 0.2) is 28.5 Å². The number of nitrogen functional groups attached to an aromatic ring is 1. The molecule has 0 bridgehead atoms. The Kier molecular flexibility index (Phi) is 3.61. The molecule has 0 saturated carbocycles. The molecule has 0 unspecified atom stereocenters. The van der Waals surface area contributed by atoms with Crippen molar-refractivity contribution in [2.24, 2.45) is 7.05 Å². The van der Waals surface area contributed by atoms with Gasteiger partial charge in [-0.25, -0.2) is 9.67 Å². The van der Waals surface area contributed by atoms with Gasteiger partial charge in [-0.2, -0.15) is 5.10 Å². The van der Waals surface area contributed by atoms with Gasteiger partial charge in [0.05, 0.1) is 14.2 Å². The maximum atomic E-state index is 5.97. The second-order valence-corrected chi connectivity index (χ2v) is 4.52. The molecular weight excluding hydrogens is 252 g/mol. The van der Waals surface area contributed by atoms with Crippen molar-refractivity contribution in [2.45, 2.75) is 10.1 Å². The van der Waals surface area contributed by atoms with Crippen molar-refractivity contribution < 1.29 is 9.47 Å². The van der Waals surface area contributed by atoms with Crippen molar-refractivity contribution in [3.63, 3.8) is 0 Å². The number of ether oxygens (including phenoxy) is 2. The maximum absolute atomic E-state index is 5.97. The number of hydrogen-bond acceptors (Lipinski definition) is 6. The number of aryl methyl sites for hydroxylation is 1. The summed E-state index contributed by atoms with van der Waals surface area (Å²) in [7, 11) is 4.99. The number of nitrogens with zero attached hydrogens (tertiary/aromatic N) is 3. The molecule has 96 valence electrons. The first kappa shape index (κ1) is 12.6. The Morgan fingerprint density at radius 1 is 1.22 bits per heavy atom. The SMILES string of the molecule is COc1cc(N)c(Sc2ncnn2C)cc1OC. The lowest BCUT2D eigenvalue weighted by Gasteiger charge is -2.11. The molecule has 7 heteroatoms. The summed E-state index contributed by atoms with van der Waals surface area (Å²) in [6.45, 7) is 0. The number of nitrogens with two attached hydrogens (primary N) is 1. The molecule has 0 atom stereocenters. The third-order valence-corrected chi connectivity index (χ3v) is 3.51. The topological polar surface area (TPSA) is 75.2 Å². The molecule has 0 aliphatic heterocycles. The van der Waals surface area contributed by atoms with Crippen LogP contribution in [0.25, 0.3) is 0 Å². The molecule has 2 N–H and O–H groups in total. The first-order chi connectivity index (χ1) is 8.65. The van der Waals surface area contributed by atoms with Crippen LogP contribution >= 0.6 is 11.8 Å². The van der Waals surface area contributed by atoms with E-state index in [0.29, 0.717) is 17.2 Å². The molecule has 6 nitrogen and oxygen atoms in total. The average Bonchev–Trinajstić information content (AvgIpc) is 2.77. The van der Waals surface area contributed by atoms with Crippen LogP contribution in [0.5, 0.6) is 11.5 Å². The molecule has 2 aromatic rings. The molecule has 0 aliphatic rings. The fourth-order valence-corrected chi connectivity index (χ4v) is 2.26. The molecule has 2 rings (SSSR count). The van der Waals surface area contributed by atoms with Crippen LogP contribution in [0.1, 0.15) is 0 Å². The van der Waals surface area contributed by atoms with E-state index in [1.54, 1.807) is 25.0 Å². The Morgan fingerprint density at radius 3 is 2.44 bits per heavy atom. The molecule has 0 spiro atoms. The third-order valence-electron chi connectivity index (χ3n) is 2.39. The van der Waals surface area contributed by atoms with E-state index < -0.39 is 0 Å². The highest BCUT2D eigenvalue weighted by Gasteiger charge is 2.12. The molecule has 0 radical (unpaired) electrons. The molecule has 0 saturated heterocycles. The lowest BCUT2D eigenvalue weighted by molar-refractivity contribution is 0.354. The number of aromatic nitrogens is 3. The quantitative estimate of drug-likeness (QED) is 0.846. The molecule has 1 heterocycles.